The fraction of sp³-hybridized carbons (Fsp3) is 0.421. The summed E-state index contributed by atoms with van der Waals surface area (Å²) in [6.45, 7) is 8.32. The summed E-state index contributed by atoms with van der Waals surface area (Å²) in [5, 5.41) is 2.22. The minimum atomic E-state index is 0.186. The average Bonchev–Trinajstić information content (AvgIpc) is 2.46. The summed E-state index contributed by atoms with van der Waals surface area (Å²) in [5.74, 6) is 0.192. The Morgan fingerprint density at radius 2 is 1.73 bits per heavy atom. The fourth-order valence-electron chi connectivity index (χ4n) is 3.39. The molecule has 2 aromatic rings. The second kappa shape index (κ2) is 6.19. The molecule has 0 aromatic heterocycles. The third-order valence-corrected chi connectivity index (χ3v) is 4.30. The van der Waals surface area contributed by atoms with Gasteiger partial charge in [-0.25, -0.2) is 0 Å². The van der Waals surface area contributed by atoms with Crippen LogP contribution in [0.2, 0.25) is 0 Å². The Morgan fingerprint density at radius 3 is 2.41 bits per heavy atom. The van der Waals surface area contributed by atoms with Crippen LogP contribution >= 0.6 is 0 Å². The zero-order chi connectivity index (χ0) is 15.7. The molecule has 1 aliphatic rings. The molecule has 1 aliphatic heterocycles. The number of carbonyl (C=O) groups is 1. The van der Waals surface area contributed by atoms with Gasteiger partial charge in [0.05, 0.1) is 18.8 Å². The van der Waals surface area contributed by atoms with Gasteiger partial charge in [0, 0.05) is 18.7 Å². The number of rotatable bonds is 3. The van der Waals surface area contributed by atoms with Crippen molar-refractivity contribution in [2.24, 2.45) is 0 Å². The van der Waals surface area contributed by atoms with Crippen molar-refractivity contribution in [3.63, 3.8) is 0 Å². The zero-order valence-corrected chi connectivity index (χ0v) is 13.5. The van der Waals surface area contributed by atoms with Gasteiger partial charge in [-0.3, -0.25) is 9.69 Å². The van der Waals surface area contributed by atoms with Crippen molar-refractivity contribution < 1.29 is 9.53 Å². The minimum Gasteiger partial charge on any atom is -0.373 e. The maximum Gasteiger partial charge on any atom is 0.177 e. The van der Waals surface area contributed by atoms with Crippen LogP contribution in [0.25, 0.3) is 10.8 Å². The van der Waals surface area contributed by atoms with Gasteiger partial charge in [-0.15, -0.1) is 0 Å². The summed E-state index contributed by atoms with van der Waals surface area (Å²) < 4.78 is 5.74. The molecule has 2 aromatic carbocycles. The van der Waals surface area contributed by atoms with E-state index in [-0.39, 0.29) is 18.0 Å². The highest BCUT2D eigenvalue weighted by atomic mass is 16.5. The summed E-state index contributed by atoms with van der Waals surface area (Å²) in [4.78, 5) is 15.0. The molecule has 1 fully saturated rings. The van der Waals surface area contributed by atoms with E-state index in [9.17, 15) is 4.79 Å². The first-order valence-corrected chi connectivity index (χ1v) is 7.94. The lowest BCUT2D eigenvalue weighted by Crippen LogP contribution is -2.47. The summed E-state index contributed by atoms with van der Waals surface area (Å²) >= 11 is 0. The van der Waals surface area contributed by atoms with Crippen LogP contribution < -0.4 is 0 Å². The monoisotopic (exact) mass is 297 g/mol. The number of fused-ring (bicyclic) bond motifs is 1. The summed E-state index contributed by atoms with van der Waals surface area (Å²) in [6, 6.07) is 12.2. The van der Waals surface area contributed by atoms with Gasteiger partial charge in [-0.2, -0.15) is 0 Å². The maximum atomic E-state index is 12.8. The largest absolute Gasteiger partial charge is 0.373 e. The van der Waals surface area contributed by atoms with Crippen LogP contribution in [0.5, 0.6) is 0 Å². The Hall–Kier alpha value is -1.71. The molecule has 0 saturated carbocycles. The highest BCUT2D eigenvalue weighted by molar-refractivity contribution is 6.09. The molecule has 0 amide bonds. The van der Waals surface area contributed by atoms with Crippen molar-refractivity contribution in [1.29, 1.82) is 0 Å². The molecule has 3 rings (SSSR count). The Bertz CT molecular complexity index is 685. The minimum absolute atomic E-state index is 0.186. The first-order chi connectivity index (χ1) is 10.5. The molecule has 22 heavy (non-hydrogen) atoms. The Balaban J connectivity index is 1.85. The van der Waals surface area contributed by atoms with Crippen molar-refractivity contribution in [2.45, 2.75) is 33.0 Å². The van der Waals surface area contributed by atoms with E-state index in [1.165, 1.54) is 5.56 Å². The standard InChI is InChI=1S/C19H23NO2/c1-13-8-9-18(17-7-5-4-6-16(13)17)19(21)12-20-10-14(2)22-15(3)11-20/h4-9,14-15H,10-12H2,1-3H3. The van der Waals surface area contributed by atoms with Gasteiger partial charge >= 0.3 is 0 Å². The van der Waals surface area contributed by atoms with Gasteiger partial charge in [0.25, 0.3) is 0 Å². The van der Waals surface area contributed by atoms with Crippen molar-refractivity contribution in [2.75, 3.05) is 19.6 Å². The number of Topliss-reactive ketones (excluding diaryl/α,β-unsaturated/α-hetero) is 1. The molecule has 116 valence electrons. The second-order valence-corrected chi connectivity index (χ2v) is 6.35. The lowest BCUT2D eigenvalue weighted by Gasteiger charge is -2.34. The van der Waals surface area contributed by atoms with Crippen LogP contribution in [-0.4, -0.2) is 42.5 Å². The van der Waals surface area contributed by atoms with E-state index in [1.807, 2.05) is 30.3 Å². The number of carbonyl (C=O) groups excluding carboxylic acids is 1. The molecule has 2 unspecified atom stereocenters. The van der Waals surface area contributed by atoms with Gasteiger partial charge in [-0.1, -0.05) is 36.4 Å². The molecule has 0 N–H and O–H groups in total. The molecule has 0 radical (unpaired) electrons. The summed E-state index contributed by atoms with van der Waals surface area (Å²) in [6.07, 6.45) is 0.373. The number of nitrogens with zero attached hydrogens (tertiary/aromatic N) is 1. The van der Waals surface area contributed by atoms with Crippen LogP contribution in [0.4, 0.5) is 0 Å². The molecule has 3 heteroatoms. The highest BCUT2D eigenvalue weighted by Crippen LogP contribution is 2.23. The van der Waals surface area contributed by atoms with Gasteiger partial charge in [-0.05, 0) is 37.1 Å². The topological polar surface area (TPSA) is 29.5 Å². The van der Waals surface area contributed by atoms with Crippen molar-refractivity contribution in [1.82, 2.24) is 4.90 Å². The quantitative estimate of drug-likeness (QED) is 0.813. The van der Waals surface area contributed by atoms with Crippen LogP contribution in [0, 0.1) is 6.92 Å². The predicted octanol–water partition coefficient (Wildman–Crippen LogP) is 3.44. The van der Waals surface area contributed by atoms with Crippen LogP contribution in [0.1, 0.15) is 29.8 Å². The Labute approximate surface area is 131 Å². The average molecular weight is 297 g/mol. The van der Waals surface area contributed by atoms with Crippen molar-refractivity contribution >= 4 is 16.6 Å². The third kappa shape index (κ3) is 3.06. The van der Waals surface area contributed by atoms with Crippen molar-refractivity contribution in [3.05, 3.63) is 47.5 Å². The number of morpholine rings is 1. The van der Waals surface area contributed by atoms with Crippen LogP contribution in [0.3, 0.4) is 0 Å². The molecule has 0 bridgehead atoms. The normalized spacial score (nSPS) is 22.9. The molecule has 0 spiro atoms. The number of aryl methyl sites for hydroxylation is 1. The van der Waals surface area contributed by atoms with Gasteiger partial charge < -0.3 is 4.74 Å². The second-order valence-electron chi connectivity index (χ2n) is 6.35. The zero-order valence-electron chi connectivity index (χ0n) is 13.5. The van der Waals surface area contributed by atoms with E-state index in [4.69, 9.17) is 4.74 Å². The number of benzene rings is 2. The molecular weight excluding hydrogens is 274 g/mol. The fourth-order valence-corrected chi connectivity index (χ4v) is 3.39. The van der Waals surface area contributed by atoms with Crippen molar-refractivity contribution in [3.8, 4) is 0 Å². The van der Waals surface area contributed by atoms with Crippen LogP contribution in [-0.2, 0) is 4.74 Å². The molecule has 3 nitrogen and oxygen atoms in total. The Kier molecular flexibility index (Phi) is 4.27. The molecular formula is C19H23NO2. The van der Waals surface area contributed by atoms with E-state index >= 15 is 0 Å². The molecule has 1 heterocycles. The first-order valence-electron chi connectivity index (χ1n) is 7.94. The summed E-state index contributed by atoms with van der Waals surface area (Å²) in [5.41, 5.74) is 2.04. The van der Waals surface area contributed by atoms with E-state index in [0.29, 0.717) is 6.54 Å². The maximum absolute atomic E-state index is 12.8. The molecule has 2 atom stereocenters. The lowest BCUT2D eigenvalue weighted by molar-refractivity contribution is -0.0652. The van der Waals surface area contributed by atoms with E-state index in [1.54, 1.807) is 0 Å². The SMILES string of the molecule is Cc1ccc(C(=O)CN2CC(C)OC(C)C2)c2ccccc12. The number of ketones is 1. The van der Waals surface area contributed by atoms with E-state index in [2.05, 4.69) is 31.7 Å². The van der Waals surface area contributed by atoms with E-state index < -0.39 is 0 Å². The predicted molar refractivity (Wildman–Crippen MR) is 89.5 cm³/mol. The van der Waals surface area contributed by atoms with E-state index in [0.717, 1.165) is 29.4 Å². The molecule has 1 saturated heterocycles. The number of hydrogen-bond donors (Lipinski definition) is 0. The number of hydrogen-bond acceptors (Lipinski definition) is 3. The third-order valence-electron chi connectivity index (χ3n) is 4.30. The lowest BCUT2D eigenvalue weighted by atomic mass is 9.97. The first kappa shape index (κ1) is 15.2. The van der Waals surface area contributed by atoms with Crippen LogP contribution in [0.15, 0.2) is 36.4 Å². The highest BCUT2D eigenvalue weighted by Gasteiger charge is 2.24. The smallest absolute Gasteiger partial charge is 0.177 e. The summed E-state index contributed by atoms with van der Waals surface area (Å²) in [7, 11) is 0. The Morgan fingerprint density at radius 1 is 1.09 bits per heavy atom. The van der Waals surface area contributed by atoms with Gasteiger partial charge in [0.15, 0.2) is 5.78 Å². The number of ether oxygens (including phenoxy) is 1. The van der Waals surface area contributed by atoms with Gasteiger partial charge in [0.1, 0.15) is 0 Å². The molecule has 0 aliphatic carbocycles. The van der Waals surface area contributed by atoms with Gasteiger partial charge in [0.2, 0.25) is 0 Å².